The van der Waals surface area contributed by atoms with Gasteiger partial charge in [-0.15, -0.1) is 5.10 Å². The van der Waals surface area contributed by atoms with Gasteiger partial charge < -0.3 is 10.4 Å². The average molecular weight is 198 g/mol. The van der Waals surface area contributed by atoms with Crippen LogP contribution in [0.25, 0.3) is 0 Å². The molecule has 1 rings (SSSR count). The van der Waals surface area contributed by atoms with Gasteiger partial charge >= 0.3 is 0 Å². The Labute approximate surface area is 84.1 Å². The fourth-order valence-electron chi connectivity index (χ4n) is 1.41. The molecule has 0 saturated heterocycles. The van der Waals surface area contributed by atoms with E-state index < -0.39 is 5.60 Å². The Morgan fingerprint density at radius 2 is 2.36 bits per heavy atom. The minimum absolute atomic E-state index is 0.655. The molecule has 0 fully saturated rings. The Morgan fingerprint density at radius 3 is 2.86 bits per heavy atom. The molecule has 0 aliphatic carbocycles. The summed E-state index contributed by atoms with van der Waals surface area (Å²) in [6.07, 6.45) is 2.26. The van der Waals surface area contributed by atoms with E-state index in [2.05, 4.69) is 15.6 Å². The van der Waals surface area contributed by atoms with Crippen LogP contribution in [0.15, 0.2) is 6.20 Å². The van der Waals surface area contributed by atoms with Crippen molar-refractivity contribution in [2.75, 3.05) is 13.1 Å². The highest BCUT2D eigenvalue weighted by Gasteiger charge is 2.26. The molecule has 0 aromatic carbocycles. The van der Waals surface area contributed by atoms with Crippen LogP contribution >= 0.6 is 0 Å². The SMILES string of the molecule is CCNCCC(C)(O)c1cnnn1C. The third-order valence-electron chi connectivity index (χ3n) is 2.30. The van der Waals surface area contributed by atoms with Crippen LogP contribution in [0, 0.1) is 0 Å². The molecule has 14 heavy (non-hydrogen) atoms. The van der Waals surface area contributed by atoms with E-state index in [-0.39, 0.29) is 0 Å². The van der Waals surface area contributed by atoms with Crippen LogP contribution in [0.4, 0.5) is 0 Å². The molecule has 0 amide bonds. The summed E-state index contributed by atoms with van der Waals surface area (Å²) in [5.74, 6) is 0. The zero-order valence-electron chi connectivity index (χ0n) is 8.99. The van der Waals surface area contributed by atoms with Gasteiger partial charge in [0.1, 0.15) is 5.60 Å². The van der Waals surface area contributed by atoms with Crippen LogP contribution in [0.1, 0.15) is 26.0 Å². The second kappa shape index (κ2) is 4.52. The zero-order valence-corrected chi connectivity index (χ0v) is 8.99. The second-order valence-electron chi connectivity index (χ2n) is 3.62. The summed E-state index contributed by atoms with van der Waals surface area (Å²) in [6, 6.07) is 0. The van der Waals surface area contributed by atoms with Crippen molar-refractivity contribution in [1.82, 2.24) is 20.3 Å². The summed E-state index contributed by atoms with van der Waals surface area (Å²) in [4.78, 5) is 0. The molecule has 0 aliphatic rings. The molecule has 0 radical (unpaired) electrons. The molecule has 0 spiro atoms. The largest absolute Gasteiger partial charge is 0.384 e. The normalized spacial score (nSPS) is 15.4. The standard InChI is InChI=1S/C9H18N4O/c1-4-10-6-5-9(2,14)8-7-11-12-13(8)3/h7,10,14H,4-6H2,1-3H3. The first kappa shape index (κ1) is 11.1. The van der Waals surface area contributed by atoms with E-state index in [1.807, 2.05) is 6.92 Å². The first-order valence-electron chi connectivity index (χ1n) is 4.86. The van der Waals surface area contributed by atoms with Gasteiger partial charge in [-0.3, -0.25) is 0 Å². The quantitative estimate of drug-likeness (QED) is 0.655. The summed E-state index contributed by atoms with van der Waals surface area (Å²) in [5.41, 5.74) is -0.115. The van der Waals surface area contributed by atoms with E-state index in [1.54, 1.807) is 24.9 Å². The molecule has 0 aliphatic heterocycles. The number of aliphatic hydroxyl groups is 1. The number of aromatic nitrogens is 3. The van der Waals surface area contributed by atoms with Gasteiger partial charge in [0, 0.05) is 7.05 Å². The zero-order chi connectivity index (χ0) is 10.6. The van der Waals surface area contributed by atoms with Crippen molar-refractivity contribution in [3.63, 3.8) is 0 Å². The molecular weight excluding hydrogens is 180 g/mol. The maximum absolute atomic E-state index is 10.1. The molecule has 1 aromatic heterocycles. The number of hydrogen-bond acceptors (Lipinski definition) is 4. The van der Waals surface area contributed by atoms with Gasteiger partial charge in [0.2, 0.25) is 0 Å². The van der Waals surface area contributed by atoms with Gasteiger partial charge in [0.15, 0.2) is 0 Å². The Bertz CT molecular complexity index is 282. The lowest BCUT2D eigenvalue weighted by atomic mass is 9.99. The molecule has 80 valence electrons. The number of hydrogen-bond donors (Lipinski definition) is 2. The van der Waals surface area contributed by atoms with Crippen molar-refractivity contribution in [1.29, 1.82) is 0 Å². The van der Waals surface area contributed by atoms with E-state index in [9.17, 15) is 5.11 Å². The number of nitrogens with zero attached hydrogens (tertiary/aromatic N) is 3. The van der Waals surface area contributed by atoms with Crippen molar-refractivity contribution in [3.05, 3.63) is 11.9 Å². The first-order valence-corrected chi connectivity index (χ1v) is 4.86. The molecule has 5 heteroatoms. The molecule has 0 saturated carbocycles. The lowest BCUT2D eigenvalue weighted by Gasteiger charge is -2.22. The smallest absolute Gasteiger partial charge is 0.106 e. The maximum Gasteiger partial charge on any atom is 0.106 e. The fraction of sp³-hybridized carbons (Fsp3) is 0.778. The highest BCUT2D eigenvalue weighted by atomic mass is 16.3. The summed E-state index contributed by atoms with van der Waals surface area (Å²) >= 11 is 0. The van der Waals surface area contributed by atoms with Crippen molar-refractivity contribution in [3.8, 4) is 0 Å². The van der Waals surface area contributed by atoms with Crippen LogP contribution in [-0.2, 0) is 12.6 Å². The lowest BCUT2D eigenvalue weighted by molar-refractivity contribution is 0.0398. The highest BCUT2D eigenvalue weighted by molar-refractivity contribution is 5.05. The Balaban J connectivity index is 2.61. The van der Waals surface area contributed by atoms with Gasteiger partial charge in [0.05, 0.1) is 11.9 Å². The minimum atomic E-state index is -0.861. The van der Waals surface area contributed by atoms with Gasteiger partial charge in [-0.05, 0) is 26.4 Å². The first-order chi connectivity index (χ1) is 6.58. The predicted octanol–water partition coefficient (Wildman–Crippen LogP) is 0.0222. The molecule has 5 nitrogen and oxygen atoms in total. The molecule has 1 heterocycles. The van der Waals surface area contributed by atoms with Gasteiger partial charge in [0.25, 0.3) is 0 Å². The second-order valence-corrected chi connectivity index (χ2v) is 3.62. The van der Waals surface area contributed by atoms with Crippen LogP contribution in [-0.4, -0.2) is 33.2 Å². The number of nitrogens with one attached hydrogen (secondary N) is 1. The van der Waals surface area contributed by atoms with Crippen LogP contribution < -0.4 is 5.32 Å². The van der Waals surface area contributed by atoms with Crippen molar-refractivity contribution in [2.24, 2.45) is 7.05 Å². The third-order valence-corrected chi connectivity index (χ3v) is 2.30. The summed E-state index contributed by atoms with van der Waals surface area (Å²) < 4.78 is 1.60. The van der Waals surface area contributed by atoms with Crippen LogP contribution in [0.3, 0.4) is 0 Å². The highest BCUT2D eigenvalue weighted by Crippen LogP contribution is 2.21. The molecule has 0 bridgehead atoms. The number of aryl methyl sites for hydroxylation is 1. The van der Waals surface area contributed by atoms with Crippen molar-refractivity contribution < 1.29 is 5.11 Å². The molecule has 1 unspecified atom stereocenters. The van der Waals surface area contributed by atoms with Gasteiger partial charge in [-0.2, -0.15) is 0 Å². The Kier molecular flexibility index (Phi) is 3.60. The molecule has 1 aromatic rings. The predicted molar refractivity (Wildman–Crippen MR) is 53.7 cm³/mol. The number of rotatable bonds is 5. The van der Waals surface area contributed by atoms with E-state index in [1.165, 1.54) is 0 Å². The van der Waals surface area contributed by atoms with Gasteiger partial charge in [-0.25, -0.2) is 4.68 Å². The molecular formula is C9H18N4O. The lowest BCUT2D eigenvalue weighted by Crippen LogP contribution is -2.29. The fourth-order valence-corrected chi connectivity index (χ4v) is 1.41. The van der Waals surface area contributed by atoms with Crippen molar-refractivity contribution in [2.45, 2.75) is 25.9 Å². The van der Waals surface area contributed by atoms with Crippen LogP contribution in [0.5, 0.6) is 0 Å². The topological polar surface area (TPSA) is 63.0 Å². The summed E-state index contributed by atoms with van der Waals surface area (Å²) in [5, 5.41) is 20.9. The molecule has 2 N–H and O–H groups in total. The maximum atomic E-state index is 10.1. The molecule has 1 atom stereocenters. The Morgan fingerprint density at radius 1 is 1.64 bits per heavy atom. The monoisotopic (exact) mass is 198 g/mol. The van der Waals surface area contributed by atoms with E-state index in [0.717, 1.165) is 18.8 Å². The third kappa shape index (κ3) is 2.52. The van der Waals surface area contributed by atoms with E-state index >= 15 is 0 Å². The minimum Gasteiger partial charge on any atom is -0.384 e. The van der Waals surface area contributed by atoms with E-state index in [4.69, 9.17) is 0 Å². The summed E-state index contributed by atoms with van der Waals surface area (Å²) in [6.45, 7) is 5.53. The summed E-state index contributed by atoms with van der Waals surface area (Å²) in [7, 11) is 1.78. The van der Waals surface area contributed by atoms with Gasteiger partial charge in [-0.1, -0.05) is 12.1 Å². The van der Waals surface area contributed by atoms with Crippen LogP contribution in [0.2, 0.25) is 0 Å². The Hall–Kier alpha value is -0.940. The van der Waals surface area contributed by atoms with E-state index in [0.29, 0.717) is 6.42 Å². The average Bonchev–Trinajstić information content (AvgIpc) is 2.52. The van der Waals surface area contributed by atoms with Crippen molar-refractivity contribution >= 4 is 0 Å².